The minimum absolute atomic E-state index is 0.186. The van der Waals surface area contributed by atoms with Gasteiger partial charge in [0, 0.05) is 0 Å². The molecule has 3 N–H and O–H groups in total. The van der Waals surface area contributed by atoms with E-state index in [0.717, 1.165) is 0 Å². The second kappa shape index (κ2) is 3.31. The summed E-state index contributed by atoms with van der Waals surface area (Å²) in [6, 6.07) is 0. The van der Waals surface area contributed by atoms with E-state index in [0.29, 0.717) is 6.42 Å². The summed E-state index contributed by atoms with van der Waals surface area (Å²) in [7, 11) is 0. The highest BCUT2D eigenvalue weighted by Crippen LogP contribution is 2.05. The summed E-state index contributed by atoms with van der Waals surface area (Å²) in [4.78, 5) is 20.4. The van der Waals surface area contributed by atoms with Crippen LogP contribution in [-0.4, -0.2) is 22.9 Å². The average Bonchev–Trinajstić information content (AvgIpc) is 1.88. The van der Waals surface area contributed by atoms with E-state index in [1.54, 1.807) is 6.92 Å². The summed E-state index contributed by atoms with van der Waals surface area (Å²) >= 11 is 0. The van der Waals surface area contributed by atoms with Crippen molar-refractivity contribution >= 4 is 12.3 Å². The highest BCUT2D eigenvalue weighted by atomic mass is 16.4. The van der Waals surface area contributed by atoms with Crippen LogP contribution in [0.2, 0.25) is 0 Å². The van der Waals surface area contributed by atoms with Gasteiger partial charge in [0.15, 0.2) is 11.8 Å². The summed E-state index contributed by atoms with van der Waals surface area (Å²) in [5, 5.41) is 8.41. The van der Waals surface area contributed by atoms with Crippen LogP contribution in [-0.2, 0) is 9.59 Å². The van der Waals surface area contributed by atoms with Gasteiger partial charge in [0.05, 0.1) is 0 Å². The van der Waals surface area contributed by atoms with Crippen LogP contribution in [0, 0.1) is 0 Å². The fourth-order valence-corrected chi connectivity index (χ4v) is 0.630. The SMILES string of the molecule is CCCC(N)(C=O)C(=O)O. The quantitative estimate of drug-likeness (QED) is 0.423. The van der Waals surface area contributed by atoms with Crippen LogP contribution in [0.5, 0.6) is 0 Å². The zero-order valence-electron chi connectivity index (χ0n) is 5.83. The van der Waals surface area contributed by atoms with Gasteiger partial charge in [0.2, 0.25) is 0 Å². The Kier molecular flexibility index (Phi) is 3.02. The first-order valence-corrected chi connectivity index (χ1v) is 3.05. The Morgan fingerprint density at radius 1 is 1.80 bits per heavy atom. The van der Waals surface area contributed by atoms with Gasteiger partial charge < -0.3 is 15.6 Å². The van der Waals surface area contributed by atoms with Gasteiger partial charge in [0.1, 0.15) is 0 Å². The molecule has 0 spiro atoms. The molecule has 1 unspecified atom stereocenters. The van der Waals surface area contributed by atoms with Crippen LogP contribution in [0.25, 0.3) is 0 Å². The van der Waals surface area contributed by atoms with Crippen molar-refractivity contribution in [3.05, 3.63) is 0 Å². The number of carboxylic acids is 1. The van der Waals surface area contributed by atoms with E-state index >= 15 is 0 Å². The van der Waals surface area contributed by atoms with E-state index in [2.05, 4.69) is 0 Å². The molecule has 0 aromatic carbocycles. The van der Waals surface area contributed by atoms with Crippen molar-refractivity contribution in [1.29, 1.82) is 0 Å². The molecule has 0 saturated heterocycles. The molecule has 0 bridgehead atoms. The molecule has 0 aromatic heterocycles. The molecular weight excluding hydrogens is 134 g/mol. The number of carbonyl (C=O) groups excluding carboxylic acids is 1. The predicted octanol–water partition coefficient (Wildman–Crippen LogP) is -0.232. The third kappa shape index (κ3) is 1.80. The lowest BCUT2D eigenvalue weighted by molar-refractivity contribution is -0.145. The third-order valence-corrected chi connectivity index (χ3v) is 1.27. The van der Waals surface area contributed by atoms with Crippen molar-refractivity contribution in [1.82, 2.24) is 0 Å². The van der Waals surface area contributed by atoms with E-state index in [1.807, 2.05) is 0 Å². The number of aldehydes is 1. The summed E-state index contributed by atoms with van der Waals surface area (Å²) in [6.45, 7) is 1.77. The maximum atomic E-state index is 10.3. The van der Waals surface area contributed by atoms with E-state index < -0.39 is 11.5 Å². The van der Waals surface area contributed by atoms with Crippen LogP contribution >= 0.6 is 0 Å². The van der Waals surface area contributed by atoms with Gasteiger partial charge in [-0.05, 0) is 6.42 Å². The summed E-state index contributed by atoms with van der Waals surface area (Å²) < 4.78 is 0. The van der Waals surface area contributed by atoms with Crippen LogP contribution in [0.15, 0.2) is 0 Å². The second-order valence-electron chi connectivity index (χ2n) is 2.21. The zero-order valence-corrected chi connectivity index (χ0v) is 5.83. The van der Waals surface area contributed by atoms with Crippen molar-refractivity contribution in [3.8, 4) is 0 Å². The summed E-state index contributed by atoms with van der Waals surface area (Å²) in [6.07, 6.45) is 1.05. The van der Waals surface area contributed by atoms with Gasteiger partial charge in [0.25, 0.3) is 0 Å². The Balaban J connectivity index is 4.22. The highest BCUT2D eigenvalue weighted by Gasteiger charge is 2.32. The number of nitrogens with two attached hydrogens (primary N) is 1. The number of carbonyl (C=O) groups is 2. The predicted molar refractivity (Wildman–Crippen MR) is 35.5 cm³/mol. The first-order chi connectivity index (χ1) is 4.56. The Hall–Kier alpha value is -0.900. The normalized spacial score (nSPS) is 15.8. The van der Waals surface area contributed by atoms with Crippen LogP contribution < -0.4 is 5.73 Å². The van der Waals surface area contributed by atoms with Crippen LogP contribution in [0.3, 0.4) is 0 Å². The lowest BCUT2D eigenvalue weighted by Crippen LogP contribution is -2.49. The molecule has 0 saturated carbocycles. The molecule has 0 radical (unpaired) electrons. The number of aliphatic carboxylic acids is 1. The molecule has 10 heavy (non-hydrogen) atoms. The largest absolute Gasteiger partial charge is 0.480 e. The Labute approximate surface area is 59.0 Å². The molecule has 0 amide bonds. The number of hydrogen-bond donors (Lipinski definition) is 2. The number of hydrogen-bond acceptors (Lipinski definition) is 3. The van der Waals surface area contributed by atoms with Crippen LogP contribution in [0.4, 0.5) is 0 Å². The number of rotatable bonds is 4. The summed E-state index contributed by atoms with van der Waals surface area (Å²) in [5.74, 6) is -1.26. The monoisotopic (exact) mass is 145 g/mol. The lowest BCUT2D eigenvalue weighted by atomic mass is 9.97. The Bertz CT molecular complexity index is 146. The Morgan fingerprint density at radius 3 is 2.40 bits per heavy atom. The highest BCUT2D eigenvalue weighted by molar-refractivity contribution is 5.96. The van der Waals surface area contributed by atoms with Crippen molar-refractivity contribution in [2.45, 2.75) is 25.3 Å². The molecule has 0 aliphatic carbocycles. The second-order valence-corrected chi connectivity index (χ2v) is 2.21. The molecule has 58 valence electrons. The molecule has 0 aromatic rings. The number of carboxylic acid groups (broad SMARTS) is 1. The molecular formula is C6H11NO3. The van der Waals surface area contributed by atoms with Crippen molar-refractivity contribution in [3.63, 3.8) is 0 Å². The van der Waals surface area contributed by atoms with E-state index in [1.165, 1.54) is 0 Å². The maximum absolute atomic E-state index is 10.3. The lowest BCUT2D eigenvalue weighted by Gasteiger charge is -2.15. The van der Waals surface area contributed by atoms with Crippen molar-refractivity contribution in [2.24, 2.45) is 5.73 Å². The van der Waals surface area contributed by atoms with Gasteiger partial charge in [-0.2, -0.15) is 0 Å². The molecule has 1 atom stereocenters. The molecule has 0 aliphatic rings. The van der Waals surface area contributed by atoms with E-state index in [4.69, 9.17) is 10.8 Å². The third-order valence-electron chi connectivity index (χ3n) is 1.27. The molecule has 4 nitrogen and oxygen atoms in total. The van der Waals surface area contributed by atoms with E-state index in [-0.39, 0.29) is 12.7 Å². The average molecular weight is 145 g/mol. The van der Waals surface area contributed by atoms with Gasteiger partial charge in [-0.15, -0.1) is 0 Å². The smallest absolute Gasteiger partial charge is 0.331 e. The van der Waals surface area contributed by atoms with E-state index in [9.17, 15) is 9.59 Å². The van der Waals surface area contributed by atoms with Gasteiger partial charge in [-0.1, -0.05) is 13.3 Å². The minimum atomic E-state index is -1.67. The van der Waals surface area contributed by atoms with Crippen LogP contribution in [0.1, 0.15) is 19.8 Å². The standard InChI is InChI=1S/C6H11NO3/c1-2-3-6(7,4-8)5(9)10/h4H,2-3,7H2,1H3,(H,9,10). The minimum Gasteiger partial charge on any atom is -0.480 e. The fourth-order valence-electron chi connectivity index (χ4n) is 0.630. The molecule has 0 fully saturated rings. The zero-order chi connectivity index (χ0) is 8.20. The topological polar surface area (TPSA) is 80.4 Å². The first-order valence-electron chi connectivity index (χ1n) is 3.05. The van der Waals surface area contributed by atoms with Gasteiger partial charge in [-0.25, -0.2) is 4.79 Å². The molecule has 0 rings (SSSR count). The molecule has 0 aliphatic heterocycles. The molecule has 4 heteroatoms. The first kappa shape index (κ1) is 9.10. The van der Waals surface area contributed by atoms with Crippen molar-refractivity contribution < 1.29 is 14.7 Å². The molecule has 0 heterocycles. The maximum Gasteiger partial charge on any atom is 0.331 e. The van der Waals surface area contributed by atoms with Crippen molar-refractivity contribution in [2.75, 3.05) is 0 Å². The van der Waals surface area contributed by atoms with Gasteiger partial charge in [-0.3, -0.25) is 0 Å². The fraction of sp³-hybridized carbons (Fsp3) is 0.667. The Morgan fingerprint density at radius 2 is 2.30 bits per heavy atom. The summed E-state index contributed by atoms with van der Waals surface area (Å²) in [5.41, 5.74) is 3.51. The van der Waals surface area contributed by atoms with Gasteiger partial charge >= 0.3 is 5.97 Å².